The van der Waals surface area contributed by atoms with Gasteiger partial charge in [-0.05, 0) is 36.2 Å². The van der Waals surface area contributed by atoms with Gasteiger partial charge >= 0.3 is 0 Å². The molecule has 84 valence electrons. The molecule has 0 saturated heterocycles. The van der Waals surface area contributed by atoms with Crippen LogP contribution in [-0.2, 0) is 17.8 Å². The monoisotopic (exact) mass is 229 g/mol. The van der Waals surface area contributed by atoms with Crippen molar-refractivity contribution in [3.63, 3.8) is 0 Å². The average molecular weight is 229 g/mol. The molecule has 0 aliphatic rings. The van der Waals surface area contributed by atoms with Crippen LogP contribution in [0.5, 0.6) is 5.75 Å². The first-order chi connectivity index (χ1) is 7.31. The largest absolute Gasteiger partial charge is 0.401 e. The van der Waals surface area contributed by atoms with Crippen molar-refractivity contribution in [3.05, 3.63) is 29.3 Å². The molecule has 0 bridgehead atoms. The topological polar surface area (TPSA) is 64.7 Å². The van der Waals surface area contributed by atoms with Crippen molar-refractivity contribution in [2.24, 2.45) is 5.73 Å². The van der Waals surface area contributed by atoms with Gasteiger partial charge in [0, 0.05) is 7.11 Å². The Labute approximate surface area is 93.8 Å². The summed E-state index contributed by atoms with van der Waals surface area (Å²) in [6.45, 7) is 1.13. The highest BCUT2D eigenvalue weighted by Crippen LogP contribution is 2.21. The third-order valence-corrected chi connectivity index (χ3v) is 2.29. The molecule has 0 aliphatic carbocycles. The van der Waals surface area contributed by atoms with Gasteiger partial charge in [-0.3, -0.25) is 4.55 Å². The zero-order valence-corrected chi connectivity index (χ0v) is 9.42. The molecule has 0 unspecified atom stereocenters. The maximum absolute atomic E-state index is 8.56. The number of methoxy groups -OCH3 is 1. The molecule has 0 atom stereocenters. The van der Waals surface area contributed by atoms with Crippen molar-refractivity contribution in [2.45, 2.75) is 13.0 Å². The van der Waals surface area contributed by atoms with Gasteiger partial charge in [-0.15, -0.1) is 0 Å². The van der Waals surface area contributed by atoms with Crippen molar-refractivity contribution in [1.82, 2.24) is 0 Å². The second-order valence-electron chi connectivity index (χ2n) is 3.06. The summed E-state index contributed by atoms with van der Waals surface area (Å²) in [7, 11) is 1.65. The van der Waals surface area contributed by atoms with Crippen LogP contribution in [0.4, 0.5) is 0 Å². The number of hydrogen-bond acceptors (Lipinski definition) is 5. The Morgan fingerprint density at radius 2 is 2.20 bits per heavy atom. The van der Waals surface area contributed by atoms with E-state index in [-0.39, 0.29) is 0 Å². The molecule has 1 rings (SSSR count). The molecule has 0 fully saturated rings. The van der Waals surface area contributed by atoms with E-state index in [4.69, 9.17) is 19.2 Å². The van der Waals surface area contributed by atoms with Crippen LogP contribution >= 0.6 is 12.3 Å². The van der Waals surface area contributed by atoms with E-state index >= 15 is 0 Å². The molecular formula is C10H15NO3S. The zero-order chi connectivity index (χ0) is 11.1. The number of benzene rings is 1. The van der Waals surface area contributed by atoms with E-state index in [1.165, 1.54) is 0 Å². The van der Waals surface area contributed by atoms with Crippen LogP contribution < -0.4 is 9.92 Å². The summed E-state index contributed by atoms with van der Waals surface area (Å²) in [5.41, 5.74) is 7.70. The highest BCUT2D eigenvalue weighted by Gasteiger charge is 2.04. The van der Waals surface area contributed by atoms with E-state index in [9.17, 15) is 0 Å². The van der Waals surface area contributed by atoms with Crippen LogP contribution in [0.1, 0.15) is 11.1 Å². The summed E-state index contributed by atoms with van der Waals surface area (Å²) < 4.78 is 18.6. The molecule has 0 aliphatic heterocycles. The fourth-order valence-corrected chi connectivity index (χ4v) is 1.57. The molecule has 15 heavy (non-hydrogen) atoms. The van der Waals surface area contributed by atoms with Crippen molar-refractivity contribution >= 4 is 12.3 Å². The minimum absolute atomic E-state index is 0.338. The van der Waals surface area contributed by atoms with E-state index in [1.54, 1.807) is 13.2 Å². The van der Waals surface area contributed by atoms with Crippen LogP contribution in [0, 0.1) is 0 Å². The molecule has 0 saturated carbocycles. The predicted octanol–water partition coefficient (Wildman–Crippen LogP) is 1.83. The van der Waals surface area contributed by atoms with Gasteiger partial charge in [-0.25, -0.2) is 0 Å². The van der Waals surface area contributed by atoms with Crippen molar-refractivity contribution in [3.8, 4) is 5.75 Å². The standard InChI is InChI=1S/C10H15NO3S/c1-13-7-9-2-3-10(14-15-12)6-8(9)4-5-11/h2-3,6,12H,4-5,7,11H2,1H3. The third kappa shape index (κ3) is 3.71. The van der Waals surface area contributed by atoms with Gasteiger partial charge in [0.2, 0.25) is 12.3 Å². The lowest BCUT2D eigenvalue weighted by Gasteiger charge is -2.09. The summed E-state index contributed by atoms with van der Waals surface area (Å²) in [5, 5.41) is 0. The van der Waals surface area contributed by atoms with E-state index in [0.717, 1.165) is 17.5 Å². The molecule has 1 aromatic rings. The smallest absolute Gasteiger partial charge is 0.222 e. The third-order valence-electron chi connectivity index (χ3n) is 2.02. The molecule has 4 nitrogen and oxygen atoms in total. The van der Waals surface area contributed by atoms with Gasteiger partial charge in [-0.1, -0.05) is 6.07 Å². The summed E-state index contributed by atoms with van der Waals surface area (Å²) >= 11 is 0.338. The Morgan fingerprint density at radius 1 is 1.40 bits per heavy atom. The first kappa shape index (κ1) is 12.3. The van der Waals surface area contributed by atoms with Gasteiger partial charge < -0.3 is 14.7 Å². The fraction of sp³-hybridized carbons (Fsp3) is 0.400. The van der Waals surface area contributed by atoms with Crippen molar-refractivity contribution < 1.29 is 13.5 Å². The lowest BCUT2D eigenvalue weighted by Crippen LogP contribution is -2.06. The van der Waals surface area contributed by atoms with Crippen LogP contribution in [0.2, 0.25) is 0 Å². The minimum atomic E-state index is 0.338. The van der Waals surface area contributed by atoms with E-state index in [2.05, 4.69) is 0 Å². The van der Waals surface area contributed by atoms with Crippen LogP contribution in [-0.4, -0.2) is 18.2 Å². The highest BCUT2D eigenvalue weighted by molar-refractivity contribution is 7.89. The first-order valence-electron chi connectivity index (χ1n) is 4.60. The van der Waals surface area contributed by atoms with Crippen LogP contribution in [0.25, 0.3) is 0 Å². The van der Waals surface area contributed by atoms with Gasteiger partial charge in [-0.2, -0.15) is 0 Å². The van der Waals surface area contributed by atoms with E-state index in [1.807, 2.05) is 12.1 Å². The van der Waals surface area contributed by atoms with Gasteiger partial charge in [0.1, 0.15) is 5.75 Å². The Hall–Kier alpha value is -0.750. The van der Waals surface area contributed by atoms with Crippen molar-refractivity contribution in [2.75, 3.05) is 13.7 Å². The maximum Gasteiger partial charge on any atom is 0.222 e. The second kappa shape index (κ2) is 6.68. The first-order valence-corrected chi connectivity index (χ1v) is 5.30. The van der Waals surface area contributed by atoms with Crippen molar-refractivity contribution in [1.29, 1.82) is 0 Å². The number of rotatable bonds is 6. The normalized spacial score (nSPS) is 10.3. The van der Waals surface area contributed by atoms with Crippen LogP contribution in [0.3, 0.4) is 0 Å². The Bertz CT molecular complexity index is 307. The molecule has 0 spiro atoms. The summed E-state index contributed by atoms with van der Waals surface area (Å²) in [5.74, 6) is 0.616. The van der Waals surface area contributed by atoms with Gasteiger partial charge in [0.05, 0.1) is 6.61 Å². The highest BCUT2D eigenvalue weighted by atomic mass is 32.2. The van der Waals surface area contributed by atoms with Gasteiger partial charge in [0.15, 0.2) is 0 Å². The number of nitrogens with two attached hydrogens (primary N) is 1. The Kier molecular flexibility index (Phi) is 5.49. The maximum atomic E-state index is 8.56. The second-order valence-corrected chi connectivity index (χ2v) is 3.38. The lowest BCUT2D eigenvalue weighted by molar-refractivity contribution is 0.184. The Balaban J connectivity index is 2.87. The zero-order valence-electron chi connectivity index (χ0n) is 8.60. The summed E-state index contributed by atoms with van der Waals surface area (Å²) in [6, 6.07) is 5.57. The Morgan fingerprint density at radius 3 is 2.80 bits per heavy atom. The molecule has 1 aromatic carbocycles. The molecule has 0 radical (unpaired) electrons. The molecule has 3 N–H and O–H groups in total. The molecule has 0 amide bonds. The quantitative estimate of drug-likeness (QED) is 0.729. The molecular weight excluding hydrogens is 214 g/mol. The molecule has 5 heteroatoms. The summed E-state index contributed by atoms with van der Waals surface area (Å²) in [6.07, 6.45) is 0.770. The van der Waals surface area contributed by atoms with E-state index < -0.39 is 0 Å². The minimum Gasteiger partial charge on any atom is -0.401 e. The summed E-state index contributed by atoms with van der Waals surface area (Å²) in [4.78, 5) is 0. The fourth-order valence-electron chi connectivity index (χ4n) is 1.38. The molecule has 0 aromatic heterocycles. The van der Waals surface area contributed by atoms with Crippen LogP contribution in [0.15, 0.2) is 18.2 Å². The number of ether oxygens (including phenoxy) is 1. The lowest BCUT2D eigenvalue weighted by atomic mass is 10.0. The van der Waals surface area contributed by atoms with E-state index in [0.29, 0.717) is 31.2 Å². The SMILES string of the molecule is COCc1ccc(OSO)cc1CCN. The molecule has 0 heterocycles. The number of hydrogen-bond donors (Lipinski definition) is 2. The average Bonchev–Trinajstić information content (AvgIpc) is 2.23. The predicted molar refractivity (Wildman–Crippen MR) is 60.8 cm³/mol. The van der Waals surface area contributed by atoms with Gasteiger partial charge in [0.25, 0.3) is 0 Å².